The first-order chi connectivity index (χ1) is 18.4. The van der Waals surface area contributed by atoms with Gasteiger partial charge in [-0.1, -0.05) is 0 Å². The van der Waals surface area contributed by atoms with Crippen molar-refractivity contribution in [2.45, 2.75) is 51.1 Å². The molecule has 0 aromatic carbocycles. The van der Waals surface area contributed by atoms with Crippen molar-refractivity contribution >= 4 is 33.2 Å². The van der Waals surface area contributed by atoms with E-state index in [0.717, 1.165) is 6.20 Å². The highest BCUT2D eigenvalue weighted by atomic mass is 32.2. The molecule has 1 saturated carbocycles. The van der Waals surface area contributed by atoms with Gasteiger partial charge in [-0.2, -0.15) is 21.6 Å². The molecular weight excluding hydrogens is 561 g/mol. The second kappa shape index (κ2) is 10.6. The van der Waals surface area contributed by atoms with Crippen LogP contribution in [0, 0.1) is 12.8 Å². The first kappa shape index (κ1) is 27.6. The summed E-state index contributed by atoms with van der Waals surface area (Å²) in [6.45, 7) is 2.21. The summed E-state index contributed by atoms with van der Waals surface area (Å²) in [6.07, 6.45) is 0.300. The van der Waals surface area contributed by atoms with E-state index >= 15 is 0 Å². The lowest BCUT2D eigenvalue weighted by atomic mass is 10.1. The van der Waals surface area contributed by atoms with Crippen LogP contribution in [0.25, 0.3) is 0 Å². The van der Waals surface area contributed by atoms with Gasteiger partial charge in [-0.25, -0.2) is 20.1 Å². The number of carbonyl (C=O) groups excluding carboxylic acids is 1. The molecule has 1 aliphatic carbocycles. The largest absolute Gasteiger partial charge is 0.434 e. The number of hydrogen-bond acceptors (Lipinski definition) is 10. The number of aryl methyl sites for hydroxylation is 1. The third-order valence-corrected chi connectivity index (χ3v) is 8.25. The van der Waals surface area contributed by atoms with Gasteiger partial charge < -0.3 is 14.6 Å². The summed E-state index contributed by atoms with van der Waals surface area (Å²) in [5, 5.41) is 8.16. The molecule has 3 N–H and O–H groups in total. The molecule has 3 atom stereocenters. The summed E-state index contributed by atoms with van der Waals surface area (Å²) in [6, 6.07) is 1.55. The fourth-order valence-electron chi connectivity index (χ4n) is 4.88. The van der Waals surface area contributed by atoms with Gasteiger partial charge in [0.05, 0.1) is 23.7 Å². The van der Waals surface area contributed by atoms with Crippen LogP contribution in [0.2, 0.25) is 0 Å². The summed E-state index contributed by atoms with van der Waals surface area (Å²) in [4.78, 5) is 26.6. The predicted octanol–water partition coefficient (Wildman–Crippen LogP) is 3.21. The summed E-state index contributed by atoms with van der Waals surface area (Å²) < 4.78 is 73.9. The second-order valence-corrected chi connectivity index (χ2v) is 11.9. The molecule has 3 aromatic heterocycles. The summed E-state index contributed by atoms with van der Waals surface area (Å²) in [7, 11) is -4.02. The van der Waals surface area contributed by atoms with E-state index in [9.17, 15) is 26.4 Å². The standard InChI is InChI=1S/C23H25F3N6O5S2/c1-12-15(20-22-31-18(23(24,25)26)9-32(22)4-5-36-20)7-17(38-12)19(33)16-8-28-11-29-21(16)30-14-3-2-13(6-14)10-37-39(27,34)35/h7-9,11,13-14,20H,2-6,10H2,1H3,(H2,27,34,35)(H,28,29,30)/t13-,14+,20?/m1/s1. The Morgan fingerprint density at radius 3 is 2.90 bits per heavy atom. The maximum Gasteiger partial charge on any atom is 0.434 e. The van der Waals surface area contributed by atoms with E-state index in [0.29, 0.717) is 40.4 Å². The molecule has 0 bridgehead atoms. The number of hydrogen-bond donors (Lipinski definition) is 2. The number of halogens is 3. The van der Waals surface area contributed by atoms with Crippen LogP contribution in [0.5, 0.6) is 0 Å². The Hall–Kier alpha value is -2.92. The van der Waals surface area contributed by atoms with Gasteiger partial charge in [0, 0.05) is 35.4 Å². The van der Waals surface area contributed by atoms with Gasteiger partial charge in [0.15, 0.2) is 5.69 Å². The van der Waals surface area contributed by atoms with Gasteiger partial charge in [0.1, 0.15) is 24.1 Å². The number of alkyl halides is 3. The van der Waals surface area contributed by atoms with Crippen molar-refractivity contribution in [1.29, 1.82) is 0 Å². The number of ether oxygens (including phenoxy) is 1. The molecule has 3 aromatic rings. The van der Waals surface area contributed by atoms with Crippen molar-refractivity contribution in [3.63, 3.8) is 0 Å². The number of nitrogens with one attached hydrogen (secondary N) is 1. The molecule has 0 spiro atoms. The molecule has 2 aliphatic rings. The number of anilines is 1. The molecule has 0 saturated heterocycles. The lowest BCUT2D eigenvalue weighted by molar-refractivity contribution is -0.141. The van der Waals surface area contributed by atoms with Gasteiger partial charge in [0.2, 0.25) is 5.78 Å². The molecule has 1 fully saturated rings. The fraction of sp³-hybridized carbons (Fsp3) is 0.478. The van der Waals surface area contributed by atoms with Crippen LogP contribution in [-0.2, 0) is 31.9 Å². The molecule has 16 heteroatoms. The number of fused-ring (bicyclic) bond motifs is 1. The minimum atomic E-state index is -4.58. The molecule has 1 unspecified atom stereocenters. The molecule has 0 amide bonds. The first-order valence-electron chi connectivity index (χ1n) is 12.0. The van der Waals surface area contributed by atoms with E-state index in [1.807, 2.05) is 0 Å². The Bertz CT molecular complexity index is 1490. The number of carbonyl (C=O) groups is 1. The number of nitrogens with two attached hydrogens (primary N) is 1. The molecule has 5 rings (SSSR count). The molecule has 0 radical (unpaired) electrons. The van der Waals surface area contributed by atoms with Crippen molar-refractivity contribution in [1.82, 2.24) is 19.5 Å². The minimum Gasteiger partial charge on any atom is -0.367 e. The Morgan fingerprint density at radius 2 is 2.15 bits per heavy atom. The predicted molar refractivity (Wildman–Crippen MR) is 133 cm³/mol. The van der Waals surface area contributed by atoms with Gasteiger partial charge in [-0.05, 0) is 38.2 Å². The van der Waals surface area contributed by atoms with Crippen molar-refractivity contribution in [3.05, 3.63) is 57.2 Å². The van der Waals surface area contributed by atoms with Crippen LogP contribution < -0.4 is 10.5 Å². The maximum absolute atomic E-state index is 13.5. The number of imidazole rings is 1. The van der Waals surface area contributed by atoms with Crippen molar-refractivity contribution in [3.8, 4) is 0 Å². The van der Waals surface area contributed by atoms with E-state index in [-0.39, 0.29) is 48.9 Å². The molecule has 39 heavy (non-hydrogen) atoms. The highest BCUT2D eigenvalue weighted by Crippen LogP contribution is 2.38. The number of thiophene rings is 1. The van der Waals surface area contributed by atoms with Crippen LogP contribution in [0.4, 0.5) is 19.0 Å². The smallest absolute Gasteiger partial charge is 0.367 e. The Morgan fingerprint density at radius 1 is 1.36 bits per heavy atom. The van der Waals surface area contributed by atoms with Gasteiger partial charge in [-0.3, -0.25) is 8.98 Å². The van der Waals surface area contributed by atoms with E-state index in [4.69, 9.17) is 14.1 Å². The number of rotatable bonds is 8. The average molecular weight is 587 g/mol. The Labute approximate surface area is 225 Å². The van der Waals surface area contributed by atoms with Crippen molar-refractivity contribution in [2.24, 2.45) is 11.1 Å². The monoisotopic (exact) mass is 586 g/mol. The second-order valence-electron chi connectivity index (χ2n) is 9.46. The van der Waals surface area contributed by atoms with E-state index < -0.39 is 28.3 Å². The highest BCUT2D eigenvalue weighted by molar-refractivity contribution is 7.84. The molecule has 210 valence electrons. The lowest BCUT2D eigenvalue weighted by Crippen LogP contribution is -2.22. The third kappa shape index (κ3) is 6.14. The number of ketones is 1. The number of nitrogens with zero attached hydrogens (tertiary/aromatic N) is 4. The molecule has 1 aliphatic heterocycles. The van der Waals surface area contributed by atoms with E-state index in [2.05, 4.69) is 20.3 Å². The molecule has 11 nitrogen and oxygen atoms in total. The molecular formula is C23H25F3N6O5S2. The quantitative estimate of drug-likeness (QED) is 0.379. The Balaban J connectivity index is 1.34. The maximum atomic E-state index is 13.5. The molecule has 4 heterocycles. The summed E-state index contributed by atoms with van der Waals surface area (Å²) >= 11 is 1.20. The minimum absolute atomic E-state index is 0.0181. The van der Waals surface area contributed by atoms with E-state index in [1.54, 1.807) is 13.0 Å². The van der Waals surface area contributed by atoms with Crippen LogP contribution in [-0.4, -0.2) is 53.0 Å². The van der Waals surface area contributed by atoms with Gasteiger partial charge >= 0.3 is 16.5 Å². The average Bonchev–Trinajstić information content (AvgIpc) is 3.60. The SMILES string of the molecule is Cc1sc(C(=O)c2cncnc2N[C@H]2CC[C@@H](COS(N)(=O)=O)C2)cc1C1OCCn2cc(C(F)(F)F)nc21. The van der Waals surface area contributed by atoms with Crippen LogP contribution >= 0.6 is 11.3 Å². The number of aromatic nitrogens is 4. The summed E-state index contributed by atoms with van der Waals surface area (Å²) in [5.41, 5.74) is -0.178. The van der Waals surface area contributed by atoms with Crippen LogP contribution in [0.1, 0.15) is 62.6 Å². The zero-order valence-electron chi connectivity index (χ0n) is 20.6. The zero-order chi connectivity index (χ0) is 27.9. The lowest BCUT2D eigenvalue weighted by Gasteiger charge is -2.24. The van der Waals surface area contributed by atoms with Crippen LogP contribution in [0.3, 0.4) is 0 Å². The van der Waals surface area contributed by atoms with Crippen molar-refractivity contribution < 1.29 is 35.3 Å². The Kier molecular flexibility index (Phi) is 7.49. The first-order valence-corrected chi connectivity index (χ1v) is 14.3. The third-order valence-electron chi connectivity index (χ3n) is 6.72. The van der Waals surface area contributed by atoms with Gasteiger partial charge in [-0.15, -0.1) is 11.3 Å². The van der Waals surface area contributed by atoms with Crippen LogP contribution in [0.15, 0.2) is 24.8 Å². The normalized spacial score (nSPS) is 21.6. The van der Waals surface area contributed by atoms with E-state index in [1.165, 1.54) is 28.4 Å². The van der Waals surface area contributed by atoms with Crippen molar-refractivity contribution in [2.75, 3.05) is 18.5 Å². The fourth-order valence-corrected chi connectivity index (χ4v) is 6.27. The van der Waals surface area contributed by atoms with Gasteiger partial charge in [0.25, 0.3) is 0 Å². The zero-order valence-corrected chi connectivity index (χ0v) is 22.3. The highest BCUT2D eigenvalue weighted by Gasteiger charge is 2.38. The summed E-state index contributed by atoms with van der Waals surface area (Å²) in [5.74, 6) is 0.103. The topological polar surface area (TPSA) is 151 Å².